The molecule has 3 aromatic rings. The molecule has 2 aromatic carbocycles. The smallest absolute Gasteiger partial charge is 0.338 e. The van der Waals surface area contributed by atoms with E-state index in [4.69, 9.17) is 9.47 Å². The molecule has 2 unspecified atom stereocenters. The van der Waals surface area contributed by atoms with Crippen LogP contribution in [0.2, 0.25) is 0 Å². The summed E-state index contributed by atoms with van der Waals surface area (Å²) in [6.07, 6.45) is 4.84. The lowest BCUT2D eigenvalue weighted by molar-refractivity contribution is 0.0526. The van der Waals surface area contributed by atoms with Crippen LogP contribution in [0.15, 0.2) is 60.9 Å². The van der Waals surface area contributed by atoms with Crippen LogP contribution in [0.5, 0.6) is 5.75 Å². The van der Waals surface area contributed by atoms with Gasteiger partial charge in [-0.05, 0) is 66.1 Å². The Morgan fingerprint density at radius 2 is 1.55 bits per heavy atom. The first-order chi connectivity index (χ1) is 16.2. The molecule has 0 N–H and O–H groups in total. The first-order valence-electron chi connectivity index (χ1n) is 11.7. The van der Waals surface area contributed by atoms with E-state index in [9.17, 15) is 4.79 Å². The van der Waals surface area contributed by atoms with Gasteiger partial charge in [0.05, 0.1) is 18.8 Å². The monoisotopic (exact) mass is 443 g/mol. The van der Waals surface area contributed by atoms with Crippen LogP contribution >= 0.6 is 0 Å². The lowest BCUT2D eigenvalue weighted by Crippen LogP contribution is -2.27. The average Bonchev–Trinajstić information content (AvgIpc) is 3.31. The van der Waals surface area contributed by atoms with Crippen molar-refractivity contribution in [1.82, 2.24) is 9.97 Å². The Morgan fingerprint density at radius 1 is 0.939 bits per heavy atom. The molecule has 5 rings (SSSR count). The summed E-state index contributed by atoms with van der Waals surface area (Å²) in [5, 5.41) is 0. The third kappa shape index (κ3) is 4.56. The van der Waals surface area contributed by atoms with Gasteiger partial charge in [0, 0.05) is 31.4 Å². The fourth-order valence-corrected chi connectivity index (χ4v) is 4.70. The zero-order valence-corrected chi connectivity index (χ0v) is 19.1. The normalized spacial score (nSPS) is 20.9. The number of aromatic nitrogens is 2. The van der Waals surface area contributed by atoms with Gasteiger partial charge in [-0.1, -0.05) is 31.2 Å². The number of aryl methyl sites for hydroxylation is 1. The molecule has 0 bridgehead atoms. The summed E-state index contributed by atoms with van der Waals surface area (Å²) in [6.45, 7) is 7.10. The summed E-state index contributed by atoms with van der Waals surface area (Å²) in [7, 11) is 0. The Morgan fingerprint density at radius 3 is 2.12 bits per heavy atom. The molecular formula is C27H29N3O3. The first-order valence-corrected chi connectivity index (χ1v) is 11.7. The molecule has 2 fully saturated rings. The molecule has 170 valence electrons. The standard InChI is InChI=1S/C27H29N3O3/c1-3-18-13-28-27(29-14-18)30-15-23-24(16-30)25(23)17-33-22-11-9-20(10-12-22)19-5-7-21(8-6-19)26(31)32-4-2/h5-14,23-25H,3-4,15-17H2,1-2H3. The summed E-state index contributed by atoms with van der Waals surface area (Å²) >= 11 is 0. The topological polar surface area (TPSA) is 64.6 Å². The van der Waals surface area contributed by atoms with E-state index in [-0.39, 0.29) is 5.97 Å². The quantitative estimate of drug-likeness (QED) is 0.473. The minimum atomic E-state index is -0.289. The molecule has 0 spiro atoms. The largest absolute Gasteiger partial charge is 0.493 e. The molecular weight excluding hydrogens is 414 g/mol. The van der Waals surface area contributed by atoms with Crippen LogP contribution in [0.3, 0.4) is 0 Å². The van der Waals surface area contributed by atoms with Crippen molar-refractivity contribution in [3.8, 4) is 16.9 Å². The second-order valence-corrected chi connectivity index (χ2v) is 8.77. The number of benzene rings is 2. The van der Waals surface area contributed by atoms with Crippen LogP contribution in [-0.4, -0.2) is 42.2 Å². The fraction of sp³-hybridized carbons (Fsp3) is 0.370. The van der Waals surface area contributed by atoms with Crippen molar-refractivity contribution in [3.63, 3.8) is 0 Å². The molecule has 1 aliphatic carbocycles. The first kappa shape index (κ1) is 21.4. The SMILES string of the molecule is CCOC(=O)c1ccc(-c2ccc(OCC3C4CN(c5ncc(CC)cn5)CC34)cc2)cc1. The number of rotatable bonds is 8. The van der Waals surface area contributed by atoms with E-state index in [2.05, 4.69) is 33.9 Å². The van der Waals surface area contributed by atoms with Gasteiger partial charge in [-0.2, -0.15) is 0 Å². The summed E-state index contributed by atoms with van der Waals surface area (Å²) in [5.41, 5.74) is 3.89. The molecule has 1 saturated heterocycles. The second kappa shape index (κ2) is 9.22. The van der Waals surface area contributed by atoms with E-state index >= 15 is 0 Å². The molecule has 1 aliphatic heterocycles. The Hall–Kier alpha value is -3.41. The summed E-state index contributed by atoms with van der Waals surface area (Å²) in [4.78, 5) is 23.1. The number of hydrogen-bond donors (Lipinski definition) is 0. The molecule has 1 aromatic heterocycles. The average molecular weight is 444 g/mol. The van der Waals surface area contributed by atoms with E-state index in [0.29, 0.717) is 29.9 Å². The summed E-state index contributed by atoms with van der Waals surface area (Å²) < 4.78 is 11.1. The molecule has 0 amide bonds. The van der Waals surface area contributed by atoms with Gasteiger partial charge < -0.3 is 14.4 Å². The highest BCUT2D eigenvalue weighted by Crippen LogP contribution is 2.52. The van der Waals surface area contributed by atoms with Gasteiger partial charge in [-0.25, -0.2) is 14.8 Å². The van der Waals surface area contributed by atoms with Crippen molar-refractivity contribution in [2.45, 2.75) is 20.3 Å². The number of carbonyl (C=O) groups excluding carboxylic acids is 1. The Kier molecular flexibility index (Phi) is 5.99. The Labute approximate surface area is 194 Å². The number of ether oxygens (including phenoxy) is 2. The van der Waals surface area contributed by atoms with E-state index in [1.165, 1.54) is 5.56 Å². The predicted molar refractivity (Wildman–Crippen MR) is 127 cm³/mol. The van der Waals surface area contributed by atoms with Gasteiger partial charge >= 0.3 is 5.97 Å². The third-order valence-electron chi connectivity index (χ3n) is 6.78. The highest BCUT2D eigenvalue weighted by molar-refractivity contribution is 5.90. The maximum absolute atomic E-state index is 11.8. The minimum absolute atomic E-state index is 0.289. The molecule has 2 aliphatic rings. The van der Waals surface area contributed by atoms with Crippen molar-refractivity contribution in [2.75, 3.05) is 31.2 Å². The zero-order valence-electron chi connectivity index (χ0n) is 19.1. The van der Waals surface area contributed by atoms with Crippen molar-refractivity contribution in [3.05, 3.63) is 72.1 Å². The van der Waals surface area contributed by atoms with Crippen LogP contribution in [0.4, 0.5) is 5.95 Å². The van der Waals surface area contributed by atoms with Gasteiger partial charge in [-0.15, -0.1) is 0 Å². The molecule has 6 nitrogen and oxygen atoms in total. The highest BCUT2D eigenvalue weighted by Gasteiger charge is 2.56. The molecule has 2 heterocycles. The van der Waals surface area contributed by atoms with Gasteiger partial charge in [0.1, 0.15) is 5.75 Å². The molecule has 1 saturated carbocycles. The lowest BCUT2D eigenvalue weighted by Gasteiger charge is -2.19. The van der Waals surface area contributed by atoms with Crippen LogP contribution in [0.25, 0.3) is 11.1 Å². The van der Waals surface area contributed by atoms with Gasteiger partial charge in [0.15, 0.2) is 0 Å². The van der Waals surface area contributed by atoms with Crippen molar-refractivity contribution < 1.29 is 14.3 Å². The molecule has 33 heavy (non-hydrogen) atoms. The summed E-state index contributed by atoms with van der Waals surface area (Å²) in [5.74, 6) is 3.43. The van der Waals surface area contributed by atoms with Crippen LogP contribution < -0.4 is 9.64 Å². The van der Waals surface area contributed by atoms with Crippen molar-refractivity contribution >= 4 is 11.9 Å². The number of hydrogen-bond acceptors (Lipinski definition) is 6. The molecule has 0 radical (unpaired) electrons. The number of nitrogens with zero attached hydrogens (tertiary/aromatic N) is 3. The number of piperidine rings is 1. The van der Waals surface area contributed by atoms with Gasteiger partial charge in [0.25, 0.3) is 0 Å². The van der Waals surface area contributed by atoms with Gasteiger partial charge in [-0.3, -0.25) is 0 Å². The highest BCUT2D eigenvalue weighted by atomic mass is 16.5. The molecule has 2 atom stereocenters. The maximum Gasteiger partial charge on any atom is 0.338 e. The number of anilines is 1. The lowest BCUT2D eigenvalue weighted by atomic mass is 10.0. The number of esters is 1. The second-order valence-electron chi connectivity index (χ2n) is 8.77. The predicted octanol–water partition coefficient (Wildman–Crippen LogP) is 4.64. The Bertz CT molecular complexity index is 1080. The van der Waals surface area contributed by atoms with Crippen LogP contribution in [0.1, 0.15) is 29.8 Å². The van der Waals surface area contributed by atoms with E-state index < -0.39 is 0 Å². The maximum atomic E-state index is 11.8. The molecule has 6 heteroatoms. The number of carbonyl (C=O) groups is 1. The van der Waals surface area contributed by atoms with E-state index in [1.807, 2.05) is 43.6 Å². The third-order valence-corrected chi connectivity index (χ3v) is 6.78. The zero-order chi connectivity index (χ0) is 22.8. The van der Waals surface area contributed by atoms with E-state index in [1.54, 1.807) is 12.1 Å². The summed E-state index contributed by atoms with van der Waals surface area (Å²) in [6, 6.07) is 15.6. The van der Waals surface area contributed by atoms with Crippen molar-refractivity contribution in [2.24, 2.45) is 17.8 Å². The van der Waals surface area contributed by atoms with E-state index in [0.717, 1.165) is 48.9 Å². The van der Waals surface area contributed by atoms with Crippen LogP contribution in [0, 0.1) is 17.8 Å². The fourth-order valence-electron chi connectivity index (χ4n) is 4.70. The number of fused-ring (bicyclic) bond motifs is 1. The van der Waals surface area contributed by atoms with Crippen LogP contribution in [-0.2, 0) is 11.2 Å². The Balaban J connectivity index is 1.11. The minimum Gasteiger partial charge on any atom is -0.493 e. The van der Waals surface area contributed by atoms with Crippen molar-refractivity contribution in [1.29, 1.82) is 0 Å². The van der Waals surface area contributed by atoms with Gasteiger partial charge in [0.2, 0.25) is 5.95 Å².